The average Bonchev–Trinajstić information content (AvgIpc) is 2.71. The fourth-order valence-electron chi connectivity index (χ4n) is 1.77. The van der Waals surface area contributed by atoms with Gasteiger partial charge in [0.1, 0.15) is 0 Å². The molecule has 0 aromatic carbocycles. The van der Waals surface area contributed by atoms with Crippen molar-refractivity contribution in [2.45, 2.75) is 17.4 Å². The van der Waals surface area contributed by atoms with Gasteiger partial charge in [0.25, 0.3) is 0 Å². The lowest BCUT2D eigenvalue weighted by atomic mass is 10.3. The van der Waals surface area contributed by atoms with Gasteiger partial charge in [0.15, 0.2) is 9.84 Å². The van der Waals surface area contributed by atoms with Crippen molar-refractivity contribution in [2.24, 2.45) is 0 Å². The molecule has 2 rings (SSSR count). The largest absolute Gasteiger partial charge is 0.315 e. The van der Waals surface area contributed by atoms with E-state index in [-0.39, 0.29) is 11.0 Å². The molecule has 0 bridgehead atoms. The van der Waals surface area contributed by atoms with Gasteiger partial charge in [0.05, 0.1) is 11.0 Å². The summed E-state index contributed by atoms with van der Waals surface area (Å²) in [7, 11) is -3.02. The maximum atomic E-state index is 11.9. The van der Waals surface area contributed by atoms with E-state index >= 15 is 0 Å². The summed E-state index contributed by atoms with van der Waals surface area (Å²) in [5.41, 5.74) is 0.768. The standard InChI is InChI=1S/C10H14N2O2S/c13-15(14,10-3-5-12-7-10)8-9-2-1-4-11-6-9/h1-2,4,6,10,12H,3,5,7-8H2. The van der Waals surface area contributed by atoms with Crippen LogP contribution in [0.4, 0.5) is 0 Å². The Morgan fingerprint density at radius 2 is 2.40 bits per heavy atom. The first-order valence-corrected chi connectivity index (χ1v) is 6.71. The van der Waals surface area contributed by atoms with Crippen LogP contribution in [-0.4, -0.2) is 31.7 Å². The molecule has 1 atom stereocenters. The molecule has 1 aromatic rings. The van der Waals surface area contributed by atoms with Crippen molar-refractivity contribution in [3.63, 3.8) is 0 Å². The van der Waals surface area contributed by atoms with Gasteiger partial charge in [-0.2, -0.15) is 0 Å². The number of aromatic nitrogens is 1. The second-order valence-corrected chi connectivity index (χ2v) is 6.06. The molecule has 1 aliphatic heterocycles. The molecule has 1 aliphatic rings. The third-order valence-electron chi connectivity index (χ3n) is 2.61. The Bertz CT molecular complexity index is 410. The molecule has 4 nitrogen and oxygen atoms in total. The van der Waals surface area contributed by atoms with Crippen molar-refractivity contribution in [1.82, 2.24) is 10.3 Å². The molecule has 0 saturated carbocycles. The Kier molecular flexibility index (Phi) is 3.02. The van der Waals surface area contributed by atoms with E-state index in [1.807, 2.05) is 0 Å². The Balaban J connectivity index is 2.11. The third kappa shape index (κ3) is 2.54. The molecule has 15 heavy (non-hydrogen) atoms. The third-order valence-corrected chi connectivity index (χ3v) is 4.77. The van der Waals surface area contributed by atoms with Crippen LogP contribution in [0.15, 0.2) is 24.5 Å². The Morgan fingerprint density at radius 3 is 3.00 bits per heavy atom. The van der Waals surface area contributed by atoms with Gasteiger partial charge in [-0.15, -0.1) is 0 Å². The highest BCUT2D eigenvalue weighted by molar-refractivity contribution is 7.91. The first kappa shape index (κ1) is 10.6. The fraction of sp³-hybridized carbons (Fsp3) is 0.500. The normalized spacial score (nSPS) is 21.7. The highest BCUT2D eigenvalue weighted by atomic mass is 32.2. The van der Waals surface area contributed by atoms with Gasteiger partial charge in [-0.1, -0.05) is 6.07 Å². The quantitative estimate of drug-likeness (QED) is 0.808. The van der Waals surface area contributed by atoms with Crippen LogP contribution in [-0.2, 0) is 15.6 Å². The van der Waals surface area contributed by atoms with Crippen molar-refractivity contribution in [2.75, 3.05) is 13.1 Å². The van der Waals surface area contributed by atoms with Crippen LogP contribution in [0.2, 0.25) is 0 Å². The van der Waals surface area contributed by atoms with Gasteiger partial charge < -0.3 is 5.32 Å². The summed E-state index contributed by atoms with van der Waals surface area (Å²) < 4.78 is 23.9. The molecule has 1 N–H and O–H groups in total. The lowest BCUT2D eigenvalue weighted by molar-refractivity contribution is 0.582. The van der Waals surface area contributed by atoms with Crippen molar-refractivity contribution < 1.29 is 8.42 Å². The SMILES string of the molecule is O=S(=O)(Cc1cccnc1)C1CCNC1. The molecule has 1 saturated heterocycles. The zero-order chi connectivity index (χ0) is 10.7. The number of nitrogens with one attached hydrogen (secondary N) is 1. The monoisotopic (exact) mass is 226 g/mol. The molecule has 82 valence electrons. The molecule has 0 amide bonds. The number of sulfone groups is 1. The van der Waals surface area contributed by atoms with Crippen LogP contribution in [0.25, 0.3) is 0 Å². The molecule has 1 fully saturated rings. The summed E-state index contributed by atoms with van der Waals surface area (Å²) in [6, 6.07) is 3.56. The Morgan fingerprint density at radius 1 is 1.53 bits per heavy atom. The fourth-order valence-corrected chi connectivity index (χ4v) is 3.49. The average molecular weight is 226 g/mol. The molecule has 0 radical (unpaired) electrons. The van der Waals surface area contributed by atoms with Gasteiger partial charge in [-0.3, -0.25) is 4.98 Å². The molecule has 5 heteroatoms. The zero-order valence-electron chi connectivity index (χ0n) is 8.39. The lowest BCUT2D eigenvalue weighted by Crippen LogP contribution is -2.25. The van der Waals surface area contributed by atoms with E-state index in [0.717, 1.165) is 18.5 Å². The van der Waals surface area contributed by atoms with Crippen molar-refractivity contribution >= 4 is 9.84 Å². The minimum absolute atomic E-state index is 0.104. The summed E-state index contributed by atoms with van der Waals surface area (Å²) in [5.74, 6) is 0.104. The smallest absolute Gasteiger partial charge is 0.158 e. The van der Waals surface area contributed by atoms with Crippen molar-refractivity contribution in [1.29, 1.82) is 0 Å². The Hall–Kier alpha value is -0.940. The van der Waals surface area contributed by atoms with E-state index in [9.17, 15) is 8.42 Å². The van der Waals surface area contributed by atoms with E-state index in [1.165, 1.54) is 0 Å². The van der Waals surface area contributed by atoms with Crippen LogP contribution in [0.1, 0.15) is 12.0 Å². The number of hydrogen-bond donors (Lipinski definition) is 1. The van der Waals surface area contributed by atoms with E-state index in [0.29, 0.717) is 6.54 Å². The maximum Gasteiger partial charge on any atom is 0.158 e. The van der Waals surface area contributed by atoms with Crippen molar-refractivity contribution in [3.8, 4) is 0 Å². The summed E-state index contributed by atoms with van der Waals surface area (Å²) in [6.45, 7) is 1.39. The van der Waals surface area contributed by atoms with Gasteiger partial charge in [-0.25, -0.2) is 8.42 Å². The zero-order valence-corrected chi connectivity index (χ0v) is 9.20. The minimum Gasteiger partial charge on any atom is -0.315 e. The molecular weight excluding hydrogens is 212 g/mol. The molecular formula is C10H14N2O2S. The van der Waals surface area contributed by atoms with E-state index in [2.05, 4.69) is 10.3 Å². The second kappa shape index (κ2) is 4.28. The predicted octanol–water partition coefficient (Wildman–Crippen LogP) is 0.358. The number of pyridine rings is 1. The molecule has 0 aliphatic carbocycles. The van der Waals surface area contributed by atoms with E-state index in [1.54, 1.807) is 24.5 Å². The minimum atomic E-state index is -3.02. The van der Waals surface area contributed by atoms with Gasteiger partial charge in [0, 0.05) is 18.9 Å². The van der Waals surface area contributed by atoms with E-state index < -0.39 is 9.84 Å². The van der Waals surface area contributed by atoms with Crippen LogP contribution in [0.5, 0.6) is 0 Å². The van der Waals surface area contributed by atoms with Gasteiger partial charge in [-0.05, 0) is 24.6 Å². The van der Waals surface area contributed by atoms with Crippen LogP contribution >= 0.6 is 0 Å². The summed E-state index contributed by atoms with van der Waals surface area (Å²) in [6.07, 6.45) is 3.98. The number of hydrogen-bond acceptors (Lipinski definition) is 4. The van der Waals surface area contributed by atoms with Crippen LogP contribution < -0.4 is 5.32 Å². The topological polar surface area (TPSA) is 59.1 Å². The number of nitrogens with zero attached hydrogens (tertiary/aromatic N) is 1. The van der Waals surface area contributed by atoms with E-state index in [4.69, 9.17) is 0 Å². The van der Waals surface area contributed by atoms with Gasteiger partial charge in [0.2, 0.25) is 0 Å². The Labute approximate surface area is 89.6 Å². The predicted molar refractivity (Wildman–Crippen MR) is 58.1 cm³/mol. The summed E-state index contributed by atoms with van der Waals surface area (Å²) in [4.78, 5) is 3.92. The molecule has 0 spiro atoms. The van der Waals surface area contributed by atoms with Gasteiger partial charge >= 0.3 is 0 Å². The molecule has 1 unspecified atom stereocenters. The van der Waals surface area contributed by atoms with Crippen LogP contribution in [0, 0.1) is 0 Å². The highest BCUT2D eigenvalue weighted by Gasteiger charge is 2.28. The second-order valence-electron chi connectivity index (χ2n) is 3.78. The number of rotatable bonds is 3. The first-order chi connectivity index (χ1) is 7.18. The summed E-state index contributed by atoms with van der Waals surface area (Å²) in [5, 5.41) is 2.85. The van der Waals surface area contributed by atoms with Crippen molar-refractivity contribution in [3.05, 3.63) is 30.1 Å². The molecule has 1 aromatic heterocycles. The maximum absolute atomic E-state index is 11.9. The first-order valence-electron chi connectivity index (χ1n) is 5.00. The lowest BCUT2D eigenvalue weighted by Gasteiger charge is -2.09. The summed E-state index contributed by atoms with van der Waals surface area (Å²) >= 11 is 0. The highest BCUT2D eigenvalue weighted by Crippen LogP contribution is 2.15. The van der Waals surface area contributed by atoms with Crippen LogP contribution in [0.3, 0.4) is 0 Å². The molecule has 2 heterocycles.